The van der Waals surface area contributed by atoms with Gasteiger partial charge in [-0.05, 0) is 23.8 Å². The molecule has 1 heterocycles. The van der Waals surface area contributed by atoms with Gasteiger partial charge in [-0.25, -0.2) is 4.98 Å². The average molecular weight is 325 g/mol. The highest BCUT2D eigenvalue weighted by atomic mass is 32.1. The Balaban J connectivity index is 1.88. The number of thiazole rings is 1. The number of aromatic hydroxyl groups is 1. The number of phenols is 1. The van der Waals surface area contributed by atoms with Crippen molar-refractivity contribution >= 4 is 39.2 Å². The van der Waals surface area contributed by atoms with Crippen LogP contribution in [0.25, 0.3) is 10.8 Å². The van der Waals surface area contributed by atoms with Crippen LogP contribution in [0.3, 0.4) is 0 Å². The Bertz CT molecular complexity index is 915. The van der Waals surface area contributed by atoms with Gasteiger partial charge in [0, 0.05) is 12.5 Å². The number of aromatic nitrogens is 1. The van der Waals surface area contributed by atoms with Gasteiger partial charge in [0.2, 0.25) is 5.13 Å². The first-order chi connectivity index (χ1) is 11.1. The third-order valence-corrected chi connectivity index (χ3v) is 4.58. The maximum atomic E-state index is 11.4. The summed E-state index contributed by atoms with van der Waals surface area (Å²) < 4.78 is 0. The normalized spacial score (nSPS) is 11.2. The molecule has 116 valence electrons. The highest BCUT2D eigenvalue weighted by Gasteiger charge is 2.11. The number of aryl methyl sites for hydroxylation is 1. The van der Waals surface area contributed by atoms with E-state index in [2.05, 4.69) is 15.5 Å². The molecule has 0 aliphatic heterocycles. The first kappa shape index (κ1) is 15.2. The molecule has 5 nitrogen and oxygen atoms in total. The zero-order valence-electron chi connectivity index (χ0n) is 12.7. The van der Waals surface area contributed by atoms with Gasteiger partial charge < -0.3 is 5.11 Å². The van der Waals surface area contributed by atoms with Crippen LogP contribution < -0.4 is 5.43 Å². The quantitative estimate of drug-likeness (QED) is 0.432. The van der Waals surface area contributed by atoms with E-state index in [0.29, 0.717) is 21.3 Å². The fraction of sp³-hybridized carbons (Fsp3) is 0.118. The van der Waals surface area contributed by atoms with E-state index < -0.39 is 0 Å². The van der Waals surface area contributed by atoms with Crippen molar-refractivity contribution in [2.24, 2.45) is 5.10 Å². The molecule has 0 atom stereocenters. The van der Waals surface area contributed by atoms with E-state index in [9.17, 15) is 9.90 Å². The second-order valence-electron chi connectivity index (χ2n) is 5.08. The van der Waals surface area contributed by atoms with Crippen molar-refractivity contribution in [2.75, 3.05) is 5.43 Å². The minimum absolute atomic E-state index is 0.0104. The van der Waals surface area contributed by atoms with Crippen molar-refractivity contribution in [1.82, 2.24) is 4.98 Å². The molecule has 0 aliphatic carbocycles. The number of fused-ring (bicyclic) bond motifs is 1. The Morgan fingerprint density at radius 2 is 2.09 bits per heavy atom. The number of hydrogen-bond acceptors (Lipinski definition) is 6. The molecular formula is C17H15N3O2S. The van der Waals surface area contributed by atoms with Gasteiger partial charge in [0.15, 0.2) is 5.78 Å². The largest absolute Gasteiger partial charge is 0.507 e. The second kappa shape index (κ2) is 6.18. The molecule has 3 aromatic rings. The number of benzene rings is 2. The monoisotopic (exact) mass is 325 g/mol. The molecule has 1 aromatic heterocycles. The molecule has 0 radical (unpaired) electrons. The van der Waals surface area contributed by atoms with E-state index in [1.807, 2.05) is 30.3 Å². The predicted molar refractivity (Wildman–Crippen MR) is 93.7 cm³/mol. The molecule has 0 aliphatic rings. The number of carbonyl (C=O) groups is 1. The number of hydrazone groups is 1. The van der Waals surface area contributed by atoms with Crippen LogP contribution in [-0.2, 0) is 0 Å². The molecule has 0 bridgehead atoms. The van der Waals surface area contributed by atoms with Crippen LogP contribution in [0, 0.1) is 6.92 Å². The summed E-state index contributed by atoms with van der Waals surface area (Å²) in [5.41, 5.74) is 4.14. The van der Waals surface area contributed by atoms with Gasteiger partial charge in [-0.2, -0.15) is 5.10 Å². The molecule has 23 heavy (non-hydrogen) atoms. The molecule has 0 unspecified atom stereocenters. The number of ketones is 1. The van der Waals surface area contributed by atoms with E-state index >= 15 is 0 Å². The van der Waals surface area contributed by atoms with Gasteiger partial charge in [-0.1, -0.05) is 41.7 Å². The highest BCUT2D eigenvalue weighted by molar-refractivity contribution is 7.17. The number of rotatable bonds is 4. The van der Waals surface area contributed by atoms with Crippen LogP contribution in [0.1, 0.15) is 27.9 Å². The average Bonchev–Trinajstić information content (AvgIpc) is 2.90. The maximum Gasteiger partial charge on any atom is 0.204 e. The van der Waals surface area contributed by atoms with Crippen LogP contribution in [0.15, 0.2) is 41.5 Å². The van der Waals surface area contributed by atoms with Crippen LogP contribution in [0.2, 0.25) is 0 Å². The summed E-state index contributed by atoms with van der Waals surface area (Å²) in [5.74, 6) is 0.151. The lowest BCUT2D eigenvalue weighted by molar-refractivity contribution is 0.102. The second-order valence-corrected chi connectivity index (χ2v) is 6.08. The Hall–Kier alpha value is -2.73. The lowest BCUT2D eigenvalue weighted by Crippen LogP contribution is -1.92. The Labute approximate surface area is 137 Å². The Morgan fingerprint density at radius 3 is 2.83 bits per heavy atom. The highest BCUT2D eigenvalue weighted by Crippen LogP contribution is 2.26. The summed E-state index contributed by atoms with van der Waals surface area (Å²) in [6.07, 6.45) is 1.56. The first-order valence-electron chi connectivity index (χ1n) is 7.04. The summed E-state index contributed by atoms with van der Waals surface area (Å²) >= 11 is 1.26. The third kappa shape index (κ3) is 3.07. The topological polar surface area (TPSA) is 74.6 Å². The fourth-order valence-electron chi connectivity index (χ4n) is 2.34. The molecule has 0 saturated carbocycles. The van der Waals surface area contributed by atoms with Crippen LogP contribution in [0.4, 0.5) is 5.13 Å². The molecule has 0 amide bonds. The van der Waals surface area contributed by atoms with Crippen molar-refractivity contribution in [3.8, 4) is 5.75 Å². The number of phenolic OH excluding ortho intramolecular Hbond substituents is 1. The Kier molecular flexibility index (Phi) is 4.08. The van der Waals surface area contributed by atoms with E-state index in [4.69, 9.17) is 0 Å². The van der Waals surface area contributed by atoms with Gasteiger partial charge in [0.05, 0.1) is 16.8 Å². The van der Waals surface area contributed by atoms with E-state index in [1.54, 1.807) is 19.2 Å². The van der Waals surface area contributed by atoms with Crippen LogP contribution in [-0.4, -0.2) is 22.1 Å². The van der Waals surface area contributed by atoms with Gasteiger partial charge in [-0.3, -0.25) is 10.2 Å². The van der Waals surface area contributed by atoms with Crippen molar-refractivity contribution in [3.05, 3.63) is 52.5 Å². The summed E-state index contributed by atoms with van der Waals surface area (Å²) in [6.45, 7) is 3.31. The molecule has 3 rings (SSSR count). The minimum Gasteiger partial charge on any atom is -0.507 e. The van der Waals surface area contributed by atoms with Crippen LogP contribution in [0.5, 0.6) is 5.75 Å². The van der Waals surface area contributed by atoms with E-state index in [1.165, 1.54) is 18.3 Å². The van der Waals surface area contributed by atoms with Crippen molar-refractivity contribution in [3.63, 3.8) is 0 Å². The molecular weight excluding hydrogens is 310 g/mol. The van der Waals surface area contributed by atoms with E-state index in [-0.39, 0.29) is 11.5 Å². The summed E-state index contributed by atoms with van der Waals surface area (Å²) in [5, 5.41) is 16.7. The van der Waals surface area contributed by atoms with Gasteiger partial charge >= 0.3 is 0 Å². The molecule has 2 N–H and O–H groups in total. The fourth-order valence-corrected chi connectivity index (χ4v) is 3.15. The standard InChI is InChI=1S/C17H15N3O2S/c1-10-16(11(2)21)23-17(19-10)20-18-9-14-13-6-4-3-5-12(13)7-8-15(14)22/h3-9,22H,1-2H3,(H,19,20)/b18-9+. The van der Waals surface area contributed by atoms with E-state index in [0.717, 1.165) is 10.8 Å². The number of nitrogens with zero attached hydrogens (tertiary/aromatic N) is 2. The molecule has 6 heteroatoms. The molecule has 2 aromatic carbocycles. The zero-order chi connectivity index (χ0) is 16.4. The van der Waals surface area contributed by atoms with Crippen molar-refractivity contribution < 1.29 is 9.90 Å². The maximum absolute atomic E-state index is 11.4. The van der Waals surface area contributed by atoms with Crippen molar-refractivity contribution in [2.45, 2.75) is 13.8 Å². The van der Waals surface area contributed by atoms with Crippen LogP contribution >= 0.6 is 11.3 Å². The number of hydrogen-bond donors (Lipinski definition) is 2. The Morgan fingerprint density at radius 1 is 1.30 bits per heavy atom. The SMILES string of the molecule is CC(=O)c1sc(N/N=C/c2c(O)ccc3ccccc23)nc1C. The summed E-state index contributed by atoms with van der Waals surface area (Å²) in [7, 11) is 0. The molecule has 0 fully saturated rings. The number of nitrogens with one attached hydrogen (secondary N) is 1. The first-order valence-corrected chi connectivity index (χ1v) is 7.86. The number of Topliss-reactive ketones (excluding diaryl/α,β-unsaturated/α-hetero) is 1. The number of anilines is 1. The van der Waals surface area contributed by atoms with Gasteiger partial charge in [0.1, 0.15) is 5.75 Å². The molecule has 0 saturated heterocycles. The lowest BCUT2D eigenvalue weighted by atomic mass is 10.0. The summed E-state index contributed by atoms with van der Waals surface area (Å²) in [6, 6.07) is 11.3. The number of carbonyl (C=O) groups excluding carboxylic acids is 1. The minimum atomic E-state index is -0.0104. The summed E-state index contributed by atoms with van der Waals surface area (Å²) in [4.78, 5) is 16.3. The van der Waals surface area contributed by atoms with Gasteiger partial charge in [-0.15, -0.1) is 0 Å². The van der Waals surface area contributed by atoms with Crippen molar-refractivity contribution in [1.29, 1.82) is 0 Å². The lowest BCUT2D eigenvalue weighted by Gasteiger charge is -2.04. The predicted octanol–water partition coefficient (Wildman–Crippen LogP) is 3.96. The smallest absolute Gasteiger partial charge is 0.204 e. The third-order valence-electron chi connectivity index (χ3n) is 3.42. The zero-order valence-corrected chi connectivity index (χ0v) is 13.5. The molecule has 0 spiro atoms. The van der Waals surface area contributed by atoms with Gasteiger partial charge in [0.25, 0.3) is 0 Å².